The molecule has 0 atom stereocenters. The van der Waals surface area contributed by atoms with E-state index in [0.29, 0.717) is 17.0 Å². The average molecular weight is 331 g/mol. The topological polar surface area (TPSA) is 51.2 Å². The van der Waals surface area contributed by atoms with Gasteiger partial charge in [-0.25, -0.2) is 4.39 Å². The Morgan fingerprint density at radius 2 is 2.09 bits per heavy atom. The van der Waals surface area contributed by atoms with Crippen LogP contribution in [0, 0.1) is 5.82 Å². The van der Waals surface area contributed by atoms with Crippen LogP contribution in [0.25, 0.3) is 10.9 Å². The number of pyridine rings is 1. The van der Waals surface area contributed by atoms with Gasteiger partial charge >= 0.3 is 0 Å². The van der Waals surface area contributed by atoms with E-state index < -0.39 is 11.7 Å². The molecule has 0 aliphatic heterocycles. The molecule has 0 radical (unpaired) electrons. The second kappa shape index (κ2) is 6.22. The van der Waals surface area contributed by atoms with Crippen molar-refractivity contribution < 1.29 is 13.9 Å². The summed E-state index contributed by atoms with van der Waals surface area (Å²) in [5, 5.41) is 3.62. The zero-order valence-electron chi connectivity index (χ0n) is 12.1. The molecule has 1 amide bonds. The number of methoxy groups -OCH3 is 1. The molecule has 0 saturated carbocycles. The fraction of sp³-hybridized carbons (Fsp3) is 0.0588. The summed E-state index contributed by atoms with van der Waals surface area (Å²) in [6.07, 6.45) is 1.63. The first-order valence-electron chi connectivity index (χ1n) is 6.77. The second-order valence-electron chi connectivity index (χ2n) is 4.83. The Bertz CT molecular complexity index is 899. The highest BCUT2D eigenvalue weighted by atomic mass is 35.5. The van der Waals surface area contributed by atoms with Gasteiger partial charge in [0.1, 0.15) is 11.6 Å². The molecular formula is C17H12ClFN2O2. The van der Waals surface area contributed by atoms with E-state index in [9.17, 15) is 9.18 Å². The van der Waals surface area contributed by atoms with E-state index in [1.54, 1.807) is 25.4 Å². The highest BCUT2D eigenvalue weighted by Gasteiger charge is 2.14. The third kappa shape index (κ3) is 3.10. The van der Waals surface area contributed by atoms with Crippen LogP contribution in [0.5, 0.6) is 5.75 Å². The molecule has 3 rings (SSSR count). The molecule has 1 heterocycles. The number of anilines is 1. The highest BCUT2D eigenvalue weighted by Crippen LogP contribution is 2.28. The summed E-state index contributed by atoms with van der Waals surface area (Å²) in [7, 11) is 1.54. The molecule has 0 unspecified atom stereocenters. The van der Waals surface area contributed by atoms with Crippen LogP contribution in [0.4, 0.5) is 10.1 Å². The van der Waals surface area contributed by atoms with Crippen molar-refractivity contribution in [3.8, 4) is 5.75 Å². The van der Waals surface area contributed by atoms with Gasteiger partial charge in [0.25, 0.3) is 5.91 Å². The Hall–Kier alpha value is -2.66. The number of hydrogen-bond donors (Lipinski definition) is 1. The molecule has 4 nitrogen and oxygen atoms in total. The summed E-state index contributed by atoms with van der Waals surface area (Å²) in [5.74, 6) is -0.360. The SMILES string of the molecule is COc1cc(NC(=O)c2ccc(F)cc2Cl)c2ncccc2c1. The predicted molar refractivity (Wildman–Crippen MR) is 87.7 cm³/mol. The predicted octanol–water partition coefficient (Wildman–Crippen LogP) is 4.29. The van der Waals surface area contributed by atoms with Crippen molar-refractivity contribution in [3.63, 3.8) is 0 Å². The van der Waals surface area contributed by atoms with Gasteiger partial charge in [0.2, 0.25) is 0 Å². The third-order valence-corrected chi connectivity index (χ3v) is 3.65. The third-order valence-electron chi connectivity index (χ3n) is 3.34. The molecule has 0 fully saturated rings. The number of benzene rings is 2. The first-order chi connectivity index (χ1) is 11.1. The molecule has 1 N–H and O–H groups in total. The molecule has 2 aromatic carbocycles. The zero-order valence-corrected chi connectivity index (χ0v) is 12.9. The van der Waals surface area contributed by atoms with Gasteiger partial charge in [0.15, 0.2) is 0 Å². The molecule has 0 spiro atoms. The van der Waals surface area contributed by atoms with E-state index in [-0.39, 0.29) is 10.6 Å². The van der Waals surface area contributed by atoms with Crippen LogP contribution in [-0.2, 0) is 0 Å². The number of halogens is 2. The molecule has 0 aliphatic rings. The summed E-state index contributed by atoms with van der Waals surface area (Å²) in [6.45, 7) is 0. The lowest BCUT2D eigenvalue weighted by Gasteiger charge is -2.11. The normalized spacial score (nSPS) is 10.6. The molecule has 6 heteroatoms. The highest BCUT2D eigenvalue weighted by molar-refractivity contribution is 6.34. The number of carbonyl (C=O) groups excluding carboxylic acids is 1. The van der Waals surface area contributed by atoms with Crippen molar-refractivity contribution in [2.24, 2.45) is 0 Å². The largest absolute Gasteiger partial charge is 0.497 e. The Morgan fingerprint density at radius 3 is 2.83 bits per heavy atom. The van der Waals surface area contributed by atoms with Crippen LogP contribution in [0.15, 0.2) is 48.7 Å². The first kappa shape index (κ1) is 15.2. The minimum atomic E-state index is -0.500. The Kier molecular flexibility index (Phi) is 4.12. The summed E-state index contributed by atoms with van der Waals surface area (Å²) in [5.41, 5.74) is 1.30. The van der Waals surface area contributed by atoms with E-state index in [1.807, 2.05) is 12.1 Å². The van der Waals surface area contributed by atoms with Crippen LogP contribution < -0.4 is 10.1 Å². The number of amides is 1. The van der Waals surface area contributed by atoms with E-state index in [2.05, 4.69) is 10.3 Å². The van der Waals surface area contributed by atoms with E-state index in [1.165, 1.54) is 12.1 Å². The van der Waals surface area contributed by atoms with Crippen molar-refractivity contribution >= 4 is 34.1 Å². The Balaban J connectivity index is 2.02. The van der Waals surface area contributed by atoms with Gasteiger partial charge in [0, 0.05) is 17.6 Å². The zero-order chi connectivity index (χ0) is 16.4. The van der Waals surface area contributed by atoms with Gasteiger partial charge in [0.05, 0.1) is 28.9 Å². The summed E-state index contributed by atoms with van der Waals surface area (Å²) in [4.78, 5) is 16.7. The van der Waals surface area contributed by atoms with Crippen LogP contribution in [-0.4, -0.2) is 18.0 Å². The minimum absolute atomic E-state index is 0.0441. The number of fused-ring (bicyclic) bond motifs is 1. The summed E-state index contributed by atoms with van der Waals surface area (Å²) < 4.78 is 18.3. The van der Waals surface area contributed by atoms with Gasteiger partial charge < -0.3 is 10.1 Å². The van der Waals surface area contributed by atoms with Gasteiger partial charge in [-0.2, -0.15) is 0 Å². The van der Waals surface area contributed by atoms with Gasteiger partial charge in [-0.3, -0.25) is 9.78 Å². The lowest BCUT2D eigenvalue weighted by atomic mass is 10.1. The quantitative estimate of drug-likeness (QED) is 0.779. The molecule has 0 bridgehead atoms. The molecule has 0 aliphatic carbocycles. The van der Waals surface area contributed by atoms with Gasteiger partial charge in [-0.1, -0.05) is 17.7 Å². The molecular weight excluding hydrogens is 319 g/mol. The van der Waals surface area contributed by atoms with E-state index in [4.69, 9.17) is 16.3 Å². The maximum absolute atomic E-state index is 13.1. The van der Waals surface area contributed by atoms with E-state index in [0.717, 1.165) is 11.5 Å². The van der Waals surface area contributed by atoms with Crippen molar-refractivity contribution in [2.45, 2.75) is 0 Å². The first-order valence-corrected chi connectivity index (χ1v) is 7.15. The molecule has 23 heavy (non-hydrogen) atoms. The lowest BCUT2D eigenvalue weighted by Crippen LogP contribution is -2.13. The lowest BCUT2D eigenvalue weighted by molar-refractivity contribution is 0.102. The standard InChI is InChI=1S/C17H12ClFN2O2/c1-23-12-7-10-3-2-6-20-16(10)15(9-12)21-17(22)13-5-4-11(19)8-14(13)18/h2-9H,1H3,(H,21,22). The second-order valence-corrected chi connectivity index (χ2v) is 5.24. The maximum atomic E-state index is 13.1. The molecule has 1 aromatic heterocycles. The summed E-state index contributed by atoms with van der Waals surface area (Å²) in [6, 6.07) is 10.8. The van der Waals surface area contributed by atoms with Gasteiger partial charge in [-0.15, -0.1) is 0 Å². The average Bonchev–Trinajstić information content (AvgIpc) is 2.54. The number of ether oxygens (including phenoxy) is 1. The fourth-order valence-corrected chi connectivity index (χ4v) is 2.49. The Morgan fingerprint density at radius 1 is 1.26 bits per heavy atom. The number of rotatable bonds is 3. The van der Waals surface area contributed by atoms with Crippen molar-refractivity contribution in [3.05, 3.63) is 65.1 Å². The van der Waals surface area contributed by atoms with Crippen molar-refractivity contribution in [1.29, 1.82) is 0 Å². The number of carbonyl (C=O) groups is 1. The van der Waals surface area contributed by atoms with Crippen molar-refractivity contribution in [1.82, 2.24) is 4.98 Å². The number of nitrogens with one attached hydrogen (secondary N) is 1. The fourth-order valence-electron chi connectivity index (χ4n) is 2.24. The maximum Gasteiger partial charge on any atom is 0.257 e. The molecule has 0 saturated heterocycles. The molecule has 116 valence electrons. The van der Waals surface area contributed by atoms with Gasteiger partial charge in [-0.05, 0) is 30.3 Å². The van der Waals surface area contributed by atoms with Crippen molar-refractivity contribution in [2.75, 3.05) is 12.4 Å². The number of nitrogens with zero attached hydrogens (tertiary/aromatic N) is 1. The van der Waals surface area contributed by atoms with Crippen LogP contribution in [0.3, 0.4) is 0 Å². The number of hydrogen-bond acceptors (Lipinski definition) is 3. The molecule has 3 aromatic rings. The van der Waals surface area contributed by atoms with Crippen LogP contribution >= 0.6 is 11.6 Å². The monoisotopic (exact) mass is 330 g/mol. The van der Waals surface area contributed by atoms with Crippen LogP contribution in [0.2, 0.25) is 5.02 Å². The Labute approximate surface area is 136 Å². The number of aromatic nitrogens is 1. The van der Waals surface area contributed by atoms with Crippen LogP contribution in [0.1, 0.15) is 10.4 Å². The smallest absolute Gasteiger partial charge is 0.257 e. The summed E-state index contributed by atoms with van der Waals surface area (Å²) >= 11 is 5.93. The minimum Gasteiger partial charge on any atom is -0.497 e. The van der Waals surface area contributed by atoms with E-state index >= 15 is 0 Å².